The van der Waals surface area contributed by atoms with Gasteiger partial charge in [-0.3, -0.25) is 9.69 Å². The van der Waals surface area contributed by atoms with E-state index in [2.05, 4.69) is 23.1 Å². The zero-order valence-corrected chi connectivity index (χ0v) is 19.7. The summed E-state index contributed by atoms with van der Waals surface area (Å²) >= 11 is 0. The summed E-state index contributed by atoms with van der Waals surface area (Å²) in [7, 11) is 0. The number of likely N-dealkylation sites (tertiary alicyclic amines) is 1. The van der Waals surface area contributed by atoms with Crippen LogP contribution in [0.3, 0.4) is 0 Å². The van der Waals surface area contributed by atoms with Gasteiger partial charge in [0, 0.05) is 31.9 Å². The Morgan fingerprint density at radius 2 is 1.76 bits per heavy atom. The first kappa shape index (κ1) is 21.7. The summed E-state index contributed by atoms with van der Waals surface area (Å²) in [6.45, 7) is 5.17. The van der Waals surface area contributed by atoms with E-state index in [4.69, 9.17) is 9.47 Å². The summed E-state index contributed by atoms with van der Waals surface area (Å²) in [4.78, 5) is 17.1. The quantitative estimate of drug-likeness (QED) is 0.608. The number of rotatable bonds is 9. The lowest BCUT2D eigenvalue weighted by molar-refractivity contribution is -0.116. The van der Waals surface area contributed by atoms with Gasteiger partial charge < -0.3 is 19.5 Å². The summed E-state index contributed by atoms with van der Waals surface area (Å²) in [5, 5.41) is 9.89. The largest absolute Gasteiger partial charge is 0.492 e. The van der Waals surface area contributed by atoms with Crippen LogP contribution in [0.15, 0.2) is 54.3 Å². The van der Waals surface area contributed by atoms with Gasteiger partial charge in [-0.25, -0.2) is 0 Å². The van der Waals surface area contributed by atoms with Gasteiger partial charge in [0.2, 0.25) is 0 Å². The van der Waals surface area contributed by atoms with Crippen LogP contribution in [0.5, 0.6) is 11.5 Å². The topological polar surface area (TPSA) is 62.2 Å². The van der Waals surface area contributed by atoms with E-state index in [0.717, 1.165) is 30.8 Å². The third kappa shape index (κ3) is 4.57. The van der Waals surface area contributed by atoms with E-state index in [0.29, 0.717) is 49.6 Å². The van der Waals surface area contributed by atoms with Crippen molar-refractivity contribution in [1.82, 2.24) is 4.90 Å². The highest BCUT2D eigenvalue weighted by atomic mass is 16.5. The minimum Gasteiger partial charge on any atom is -0.492 e. The zero-order valence-electron chi connectivity index (χ0n) is 19.7. The fourth-order valence-corrected chi connectivity index (χ4v) is 5.05. The summed E-state index contributed by atoms with van der Waals surface area (Å²) < 4.78 is 12.1. The molecule has 2 aliphatic heterocycles. The molecule has 0 aromatic heterocycles. The summed E-state index contributed by atoms with van der Waals surface area (Å²) in [6, 6.07) is 14.2. The monoisotopic (exact) mass is 460 g/mol. The third-order valence-corrected chi connectivity index (χ3v) is 7.19. The molecule has 0 bridgehead atoms. The molecule has 0 spiro atoms. The van der Waals surface area contributed by atoms with Crippen LogP contribution in [0.4, 0.5) is 5.69 Å². The van der Waals surface area contributed by atoms with E-state index >= 15 is 0 Å². The van der Waals surface area contributed by atoms with Crippen LogP contribution in [0.25, 0.3) is 0 Å². The first-order valence-electron chi connectivity index (χ1n) is 12.5. The van der Waals surface area contributed by atoms with Crippen LogP contribution in [-0.4, -0.2) is 54.3 Å². The van der Waals surface area contributed by atoms with Gasteiger partial charge in [0.1, 0.15) is 18.1 Å². The maximum absolute atomic E-state index is 13.1. The second kappa shape index (κ2) is 8.43. The number of amides is 1. The number of hydrogen-bond acceptors (Lipinski definition) is 5. The second-order valence-electron chi connectivity index (χ2n) is 10.5. The van der Waals surface area contributed by atoms with E-state index in [1.165, 1.54) is 24.0 Å². The standard InChI is InChI=1S/C28H32N2O4/c1-28(32)17-29(18-28)14-15-33-25-11-8-22(16-24(25)21-4-5-21)30-13-12-26(27(30)31)34-23-9-6-20(7-10-23)19-2-3-19/h6-12,16,19,21,32H,2-5,13-15,17-18H2,1H3. The van der Waals surface area contributed by atoms with Gasteiger partial charge in [0.25, 0.3) is 5.91 Å². The normalized spacial score (nSPS) is 21.9. The molecular weight excluding hydrogens is 428 g/mol. The molecule has 1 saturated heterocycles. The molecule has 178 valence electrons. The molecule has 2 heterocycles. The number of aliphatic hydroxyl groups is 1. The number of benzene rings is 2. The molecule has 0 unspecified atom stereocenters. The van der Waals surface area contributed by atoms with Gasteiger partial charge in [-0.15, -0.1) is 0 Å². The smallest absolute Gasteiger partial charge is 0.294 e. The predicted octanol–water partition coefficient (Wildman–Crippen LogP) is 4.20. The Kier molecular flexibility index (Phi) is 5.38. The lowest BCUT2D eigenvalue weighted by Crippen LogP contribution is -2.60. The molecule has 1 N–H and O–H groups in total. The Bertz CT molecular complexity index is 1110. The van der Waals surface area contributed by atoms with Crippen LogP contribution in [0.2, 0.25) is 0 Å². The number of nitrogens with zero attached hydrogens (tertiary/aromatic N) is 2. The molecule has 6 nitrogen and oxygen atoms in total. The van der Waals surface area contributed by atoms with Crippen molar-refractivity contribution in [1.29, 1.82) is 0 Å². The van der Waals surface area contributed by atoms with Crippen molar-refractivity contribution in [2.75, 3.05) is 37.7 Å². The van der Waals surface area contributed by atoms with Crippen LogP contribution in [0, 0.1) is 0 Å². The second-order valence-corrected chi connectivity index (χ2v) is 10.5. The van der Waals surface area contributed by atoms with E-state index in [-0.39, 0.29) is 5.91 Å². The number of carbonyl (C=O) groups is 1. The first-order valence-corrected chi connectivity index (χ1v) is 12.5. The Balaban J connectivity index is 1.09. The molecule has 3 fully saturated rings. The van der Waals surface area contributed by atoms with Crippen LogP contribution in [-0.2, 0) is 4.79 Å². The van der Waals surface area contributed by atoms with Crippen molar-refractivity contribution in [3.05, 3.63) is 65.4 Å². The van der Waals surface area contributed by atoms with Crippen molar-refractivity contribution < 1.29 is 19.4 Å². The highest BCUT2D eigenvalue weighted by Gasteiger charge is 2.36. The van der Waals surface area contributed by atoms with Gasteiger partial charge in [0.15, 0.2) is 5.76 Å². The molecule has 34 heavy (non-hydrogen) atoms. The van der Waals surface area contributed by atoms with Gasteiger partial charge in [-0.05, 0) is 92.0 Å². The zero-order chi connectivity index (χ0) is 23.3. The number of carbonyl (C=O) groups excluding carboxylic acids is 1. The molecule has 2 aromatic carbocycles. The number of ether oxygens (including phenoxy) is 2. The van der Waals surface area contributed by atoms with Crippen molar-refractivity contribution in [2.24, 2.45) is 0 Å². The highest BCUT2D eigenvalue weighted by molar-refractivity contribution is 6.07. The highest BCUT2D eigenvalue weighted by Crippen LogP contribution is 2.46. The minimum absolute atomic E-state index is 0.105. The average molecular weight is 461 g/mol. The molecule has 6 heteroatoms. The van der Waals surface area contributed by atoms with Crippen molar-refractivity contribution in [3.8, 4) is 11.5 Å². The lowest BCUT2D eigenvalue weighted by Gasteiger charge is -2.44. The van der Waals surface area contributed by atoms with Crippen molar-refractivity contribution in [3.63, 3.8) is 0 Å². The van der Waals surface area contributed by atoms with Gasteiger partial charge >= 0.3 is 0 Å². The summed E-state index contributed by atoms with van der Waals surface area (Å²) in [6.07, 6.45) is 6.72. The molecule has 2 aliphatic carbocycles. The van der Waals surface area contributed by atoms with E-state index in [9.17, 15) is 9.90 Å². The third-order valence-electron chi connectivity index (χ3n) is 7.19. The maximum atomic E-state index is 13.1. The fourth-order valence-electron chi connectivity index (χ4n) is 5.05. The SMILES string of the molecule is CC1(O)CN(CCOc2ccc(N3CC=C(Oc4ccc(C5CC5)cc4)C3=O)cc2C2CC2)C1. The minimum atomic E-state index is -0.556. The lowest BCUT2D eigenvalue weighted by atomic mass is 9.97. The Morgan fingerprint density at radius 3 is 2.44 bits per heavy atom. The fraction of sp³-hybridized carbons (Fsp3) is 0.464. The molecule has 0 atom stereocenters. The van der Waals surface area contributed by atoms with E-state index in [1.54, 1.807) is 4.90 Å². The molecule has 1 amide bonds. The molecule has 2 aromatic rings. The summed E-state index contributed by atoms with van der Waals surface area (Å²) in [5.74, 6) is 3.11. The number of β-amino-alcohol motifs (C(OH)–C–C–N with tert-alkyl or cyclic N) is 1. The van der Waals surface area contributed by atoms with Gasteiger partial charge in [0.05, 0.1) is 5.60 Å². The van der Waals surface area contributed by atoms with Crippen LogP contribution < -0.4 is 14.4 Å². The Hall–Kier alpha value is -2.83. The predicted molar refractivity (Wildman–Crippen MR) is 130 cm³/mol. The van der Waals surface area contributed by atoms with Crippen molar-refractivity contribution in [2.45, 2.75) is 50.0 Å². The molecular formula is C28H32N2O4. The Morgan fingerprint density at radius 1 is 1.03 bits per heavy atom. The first-order chi connectivity index (χ1) is 16.4. The maximum Gasteiger partial charge on any atom is 0.294 e. The van der Waals surface area contributed by atoms with Crippen molar-refractivity contribution >= 4 is 11.6 Å². The van der Waals surface area contributed by atoms with Crippen LogP contribution >= 0.6 is 0 Å². The van der Waals surface area contributed by atoms with E-state index in [1.807, 2.05) is 37.3 Å². The molecule has 2 saturated carbocycles. The average Bonchev–Trinajstić information content (AvgIpc) is 3.72. The Labute approximate surface area is 200 Å². The molecule has 0 radical (unpaired) electrons. The molecule has 6 rings (SSSR count). The van der Waals surface area contributed by atoms with Gasteiger partial charge in [-0.1, -0.05) is 12.1 Å². The van der Waals surface area contributed by atoms with E-state index < -0.39 is 5.60 Å². The summed E-state index contributed by atoms with van der Waals surface area (Å²) in [5.41, 5.74) is 2.87. The molecule has 4 aliphatic rings. The number of hydrogen-bond donors (Lipinski definition) is 1. The van der Waals surface area contributed by atoms with Crippen LogP contribution in [0.1, 0.15) is 55.6 Å². The number of anilines is 1. The van der Waals surface area contributed by atoms with Gasteiger partial charge in [-0.2, -0.15) is 0 Å².